The predicted molar refractivity (Wildman–Crippen MR) is 88.6 cm³/mol. The maximum absolute atomic E-state index is 13.0. The second kappa shape index (κ2) is 6.61. The molecule has 0 saturated carbocycles. The van der Waals surface area contributed by atoms with Gasteiger partial charge in [-0.05, 0) is 48.7 Å². The summed E-state index contributed by atoms with van der Waals surface area (Å²) in [5.74, 6) is -0.196. The molecule has 0 heterocycles. The summed E-state index contributed by atoms with van der Waals surface area (Å²) >= 11 is 0. The van der Waals surface area contributed by atoms with Gasteiger partial charge in [0.2, 0.25) is 0 Å². The quantitative estimate of drug-likeness (QED) is 0.852. The second-order valence-electron chi connectivity index (χ2n) is 5.55. The van der Waals surface area contributed by atoms with Crippen molar-refractivity contribution in [2.24, 2.45) is 0 Å². The van der Waals surface area contributed by atoms with Crippen molar-refractivity contribution in [1.82, 2.24) is 0 Å². The van der Waals surface area contributed by atoms with Crippen LogP contribution in [0.5, 0.6) is 0 Å². The van der Waals surface area contributed by atoms with Crippen LogP contribution in [0.15, 0.2) is 42.5 Å². The highest BCUT2D eigenvalue weighted by atomic mass is 19.1. The van der Waals surface area contributed by atoms with Crippen LogP contribution in [0.1, 0.15) is 30.5 Å². The van der Waals surface area contributed by atoms with E-state index in [1.165, 1.54) is 23.4 Å². The van der Waals surface area contributed by atoms with E-state index < -0.39 is 0 Å². The van der Waals surface area contributed by atoms with Crippen LogP contribution in [-0.2, 0) is 0 Å². The van der Waals surface area contributed by atoms with Crippen molar-refractivity contribution in [2.75, 3.05) is 24.3 Å². The normalized spacial score (nSPS) is 12.0. The van der Waals surface area contributed by atoms with Crippen molar-refractivity contribution in [3.8, 4) is 0 Å². The molecule has 0 aromatic heterocycles. The Kier molecular flexibility index (Phi) is 4.84. The SMILES string of the molecule is CCC(Nc1ccc(C)c(N(C)C)c1)c1ccc(F)cc1. The van der Waals surface area contributed by atoms with Crippen LogP contribution in [-0.4, -0.2) is 14.1 Å². The molecule has 2 rings (SSSR count). The molecule has 0 saturated heterocycles. The number of hydrogen-bond acceptors (Lipinski definition) is 2. The highest BCUT2D eigenvalue weighted by Crippen LogP contribution is 2.27. The van der Waals surface area contributed by atoms with Crippen molar-refractivity contribution in [3.05, 3.63) is 59.4 Å². The maximum atomic E-state index is 13.0. The Morgan fingerprint density at radius 3 is 2.33 bits per heavy atom. The highest BCUT2D eigenvalue weighted by molar-refractivity contribution is 5.62. The Morgan fingerprint density at radius 1 is 1.10 bits per heavy atom. The van der Waals surface area contributed by atoms with Gasteiger partial charge in [-0.1, -0.05) is 25.1 Å². The Bertz CT molecular complexity index is 591. The minimum absolute atomic E-state index is 0.184. The number of aryl methyl sites for hydroxylation is 1. The van der Waals surface area contributed by atoms with E-state index in [2.05, 4.69) is 42.3 Å². The molecule has 0 spiro atoms. The van der Waals surface area contributed by atoms with Gasteiger partial charge in [-0.3, -0.25) is 0 Å². The smallest absolute Gasteiger partial charge is 0.123 e. The summed E-state index contributed by atoms with van der Waals surface area (Å²) in [5, 5.41) is 3.54. The molecule has 21 heavy (non-hydrogen) atoms. The summed E-state index contributed by atoms with van der Waals surface area (Å²) in [6.45, 7) is 4.23. The molecule has 0 fully saturated rings. The highest BCUT2D eigenvalue weighted by Gasteiger charge is 2.10. The number of nitrogens with one attached hydrogen (secondary N) is 1. The van der Waals surface area contributed by atoms with E-state index in [4.69, 9.17) is 0 Å². The first-order valence-electron chi connectivity index (χ1n) is 7.31. The van der Waals surface area contributed by atoms with E-state index in [-0.39, 0.29) is 11.9 Å². The van der Waals surface area contributed by atoms with Gasteiger partial charge < -0.3 is 10.2 Å². The summed E-state index contributed by atoms with van der Waals surface area (Å²) in [4.78, 5) is 2.11. The molecular weight excluding hydrogens is 263 g/mol. The minimum atomic E-state index is -0.196. The van der Waals surface area contributed by atoms with Gasteiger partial charge in [0.1, 0.15) is 5.82 Å². The topological polar surface area (TPSA) is 15.3 Å². The van der Waals surface area contributed by atoms with Crippen LogP contribution in [0.2, 0.25) is 0 Å². The standard InChI is InChI=1S/C18H23FN2/c1-5-17(14-7-9-15(19)10-8-14)20-16-11-6-13(2)18(12-16)21(3)4/h6-12,17,20H,5H2,1-4H3. The van der Waals surface area contributed by atoms with Gasteiger partial charge in [0, 0.05) is 25.5 Å². The first-order valence-corrected chi connectivity index (χ1v) is 7.31. The molecule has 112 valence electrons. The minimum Gasteiger partial charge on any atom is -0.378 e. The Morgan fingerprint density at radius 2 is 1.76 bits per heavy atom. The van der Waals surface area contributed by atoms with E-state index in [0.29, 0.717) is 0 Å². The maximum Gasteiger partial charge on any atom is 0.123 e. The van der Waals surface area contributed by atoms with Crippen molar-refractivity contribution in [2.45, 2.75) is 26.3 Å². The summed E-state index contributed by atoms with van der Waals surface area (Å²) in [7, 11) is 4.09. The molecule has 2 aromatic rings. The van der Waals surface area contributed by atoms with E-state index in [9.17, 15) is 4.39 Å². The average Bonchev–Trinajstić information content (AvgIpc) is 2.47. The van der Waals surface area contributed by atoms with Gasteiger partial charge in [-0.25, -0.2) is 4.39 Å². The molecule has 1 unspecified atom stereocenters. The van der Waals surface area contributed by atoms with Crippen LogP contribution in [0.3, 0.4) is 0 Å². The summed E-state index contributed by atoms with van der Waals surface area (Å²) < 4.78 is 13.0. The zero-order valence-corrected chi connectivity index (χ0v) is 13.2. The first-order chi connectivity index (χ1) is 10.0. The zero-order valence-electron chi connectivity index (χ0n) is 13.2. The lowest BCUT2D eigenvalue weighted by atomic mass is 10.0. The molecule has 3 heteroatoms. The van der Waals surface area contributed by atoms with Crippen LogP contribution < -0.4 is 10.2 Å². The van der Waals surface area contributed by atoms with E-state index >= 15 is 0 Å². The van der Waals surface area contributed by atoms with E-state index in [0.717, 1.165) is 17.7 Å². The number of hydrogen-bond donors (Lipinski definition) is 1. The molecule has 0 aliphatic heterocycles. The number of halogens is 1. The third-order valence-corrected chi connectivity index (χ3v) is 3.71. The zero-order chi connectivity index (χ0) is 15.4. The Hall–Kier alpha value is -2.03. The van der Waals surface area contributed by atoms with Gasteiger partial charge in [-0.15, -0.1) is 0 Å². The van der Waals surface area contributed by atoms with Gasteiger partial charge in [0.15, 0.2) is 0 Å². The van der Waals surface area contributed by atoms with Gasteiger partial charge in [0.05, 0.1) is 6.04 Å². The van der Waals surface area contributed by atoms with Crippen LogP contribution in [0, 0.1) is 12.7 Å². The number of benzene rings is 2. The lowest BCUT2D eigenvalue weighted by molar-refractivity contribution is 0.625. The molecule has 2 aromatic carbocycles. The first kappa shape index (κ1) is 15.4. The van der Waals surface area contributed by atoms with Gasteiger partial charge in [0.25, 0.3) is 0 Å². The number of rotatable bonds is 5. The second-order valence-corrected chi connectivity index (χ2v) is 5.55. The van der Waals surface area contributed by atoms with Crippen LogP contribution in [0.25, 0.3) is 0 Å². The molecule has 1 atom stereocenters. The van der Waals surface area contributed by atoms with E-state index in [1.54, 1.807) is 0 Å². The summed E-state index contributed by atoms with van der Waals surface area (Å²) in [6, 6.07) is 13.3. The van der Waals surface area contributed by atoms with Crippen molar-refractivity contribution in [3.63, 3.8) is 0 Å². The molecule has 0 aliphatic rings. The third-order valence-electron chi connectivity index (χ3n) is 3.71. The number of nitrogens with zero attached hydrogens (tertiary/aromatic N) is 1. The van der Waals surface area contributed by atoms with Gasteiger partial charge >= 0.3 is 0 Å². The fourth-order valence-electron chi connectivity index (χ4n) is 2.50. The summed E-state index contributed by atoms with van der Waals surface area (Å²) in [5.41, 5.74) is 4.64. The Balaban J connectivity index is 2.22. The van der Waals surface area contributed by atoms with Gasteiger partial charge in [-0.2, -0.15) is 0 Å². The molecule has 2 nitrogen and oxygen atoms in total. The molecule has 0 radical (unpaired) electrons. The summed E-state index contributed by atoms with van der Waals surface area (Å²) in [6.07, 6.45) is 0.941. The van der Waals surface area contributed by atoms with Crippen LogP contribution >= 0.6 is 0 Å². The molecule has 0 bridgehead atoms. The lowest BCUT2D eigenvalue weighted by Crippen LogP contribution is -2.13. The lowest BCUT2D eigenvalue weighted by Gasteiger charge is -2.22. The number of anilines is 2. The Labute approximate surface area is 126 Å². The monoisotopic (exact) mass is 286 g/mol. The fourth-order valence-corrected chi connectivity index (χ4v) is 2.50. The predicted octanol–water partition coefficient (Wildman–Crippen LogP) is 4.76. The van der Waals surface area contributed by atoms with Crippen molar-refractivity contribution >= 4 is 11.4 Å². The molecule has 0 aliphatic carbocycles. The van der Waals surface area contributed by atoms with Crippen LogP contribution in [0.4, 0.5) is 15.8 Å². The third kappa shape index (κ3) is 3.75. The molecule has 1 N–H and O–H groups in total. The largest absolute Gasteiger partial charge is 0.378 e. The molecular formula is C18H23FN2. The van der Waals surface area contributed by atoms with E-state index in [1.807, 2.05) is 26.2 Å². The molecule has 0 amide bonds. The fraction of sp³-hybridized carbons (Fsp3) is 0.333. The average molecular weight is 286 g/mol. The van der Waals surface area contributed by atoms with Crippen molar-refractivity contribution in [1.29, 1.82) is 0 Å². The van der Waals surface area contributed by atoms with Crippen molar-refractivity contribution < 1.29 is 4.39 Å².